The monoisotopic (exact) mass is 728 g/mol. The van der Waals surface area contributed by atoms with E-state index >= 15 is 0 Å². The van der Waals surface area contributed by atoms with Crippen LogP contribution in [-0.2, 0) is 0 Å². The van der Waals surface area contributed by atoms with E-state index in [2.05, 4.69) is 222 Å². The van der Waals surface area contributed by atoms with Crippen molar-refractivity contribution in [2.24, 2.45) is 0 Å². The van der Waals surface area contributed by atoms with Gasteiger partial charge in [-0.05, 0) is 82.9 Å². The Hall–Kier alpha value is -7.62. The van der Waals surface area contributed by atoms with Crippen LogP contribution in [0.4, 0.5) is 17.1 Å². The van der Waals surface area contributed by atoms with E-state index in [0.717, 1.165) is 55.8 Å². The fourth-order valence-corrected chi connectivity index (χ4v) is 8.53. The maximum Gasteiger partial charge on any atom is 0.143 e. The number of anilines is 3. The Morgan fingerprint density at radius 3 is 1.40 bits per heavy atom. The second kappa shape index (κ2) is 13.6. The van der Waals surface area contributed by atoms with E-state index in [4.69, 9.17) is 4.42 Å². The van der Waals surface area contributed by atoms with E-state index in [1.807, 2.05) is 6.07 Å². The minimum absolute atomic E-state index is 0.867. The topological polar surface area (TPSA) is 21.3 Å². The van der Waals surface area contributed by atoms with Crippen molar-refractivity contribution in [2.45, 2.75) is 0 Å². The fraction of sp³-hybridized carbons (Fsp3) is 0. The van der Waals surface area contributed by atoms with Crippen molar-refractivity contribution in [1.29, 1.82) is 0 Å². The first-order valence-electron chi connectivity index (χ1n) is 19.4. The van der Waals surface area contributed by atoms with E-state index in [-0.39, 0.29) is 0 Å². The molecule has 0 N–H and O–H groups in total. The van der Waals surface area contributed by atoms with Crippen LogP contribution in [0.2, 0.25) is 0 Å². The summed E-state index contributed by atoms with van der Waals surface area (Å²) in [4.78, 5) is 2.37. The van der Waals surface area contributed by atoms with Crippen molar-refractivity contribution in [3.05, 3.63) is 218 Å². The molecule has 0 aliphatic heterocycles. The summed E-state index contributed by atoms with van der Waals surface area (Å²) in [5.74, 6) is 0. The van der Waals surface area contributed by atoms with Gasteiger partial charge >= 0.3 is 0 Å². The van der Waals surface area contributed by atoms with Gasteiger partial charge in [0.25, 0.3) is 0 Å². The van der Waals surface area contributed by atoms with Crippen molar-refractivity contribution in [3.63, 3.8) is 0 Å². The van der Waals surface area contributed by atoms with Gasteiger partial charge in [-0.2, -0.15) is 0 Å². The summed E-state index contributed by atoms with van der Waals surface area (Å²) in [6.07, 6.45) is 0. The summed E-state index contributed by atoms with van der Waals surface area (Å²) in [6.45, 7) is 0. The zero-order valence-corrected chi connectivity index (χ0v) is 31.1. The third-order valence-electron chi connectivity index (χ3n) is 11.2. The van der Waals surface area contributed by atoms with Crippen molar-refractivity contribution >= 4 is 60.8 Å². The number of hydrogen-bond donors (Lipinski definition) is 0. The Kier molecular flexibility index (Phi) is 7.82. The molecule has 0 saturated heterocycles. The van der Waals surface area contributed by atoms with Crippen LogP contribution in [0.1, 0.15) is 0 Å². The number of nitrogens with zero attached hydrogens (tertiary/aromatic N) is 2. The number of benzene rings is 9. The number of para-hydroxylation sites is 4. The molecule has 9 aromatic carbocycles. The van der Waals surface area contributed by atoms with Crippen LogP contribution < -0.4 is 4.90 Å². The van der Waals surface area contributed by atoms with Gasteiger partial charge < -0.3 is 13.9 Å². The summed E-state index contributed by atoms with van der Waals surface area (Å²) in [5, 5.41) is 4.62. The molecular formula is C54H36N2O. The van der Waals surface area contributed by atoms with Crippen LogP contribution in [0.25, 0.3) is 82.8 Å². The van der Waals surface area contributed by atoms with Crippen LogP contribution in [0.15, 0.2) is 223 Å². The molecule has 0 aliphatic carbocycles. The molecule has 0 fully saturated rings. The zero-order chi connectivity index (χ0) is 37.7. The molecule has 3 heteroatoms. The smallest absolute Gasteiger partial charge is 0.143 e. The quantitative estimate of drug-likeness (QED) is 0.163. The third kappa shape index (κ3) is 5.60. The van der Waals surface area contributed by atoms with Gasteiger partial charge in [-0.25, -0.2) is 0 Å². The molecule has 0 aliphatic rings. The van der Waals surface area contributed by atoms with Gasteiger partial charge in [-0.15, -0.1) is 0 Å². The van der Waals surface area contributed by atoms with Crippen molar-refractivity contribution in [2.75, 3.05) is 4.90 Å². The first kappa shape index (κ1) is 32.8. The van der Waals surface area contributed by atoms with Crippen LogP contribution >= 0.6 is 0 Å². The standard InChI is InChI=1S/C54H36N2O/c1-3-15-37(16-4-1)39-27-31-41(32-28-39)55(42-33-29-40(30-34-42)38-17-5-2-6-18-38)43-35-48(54-49(36-43)47-22-10-14-26-53(47)57-54)46-21-9-13-25-52(46)56-50-23-11-7-19-44(50)45-20-8-12-24-51(45)56/h1-36H. The van der Waals surface area contributed by atoms with Gasteiger partial charge in [-0.3, -0.25) is 0 Å². The first-order chi connectivity index (χ1) is 28.3. The predicted molar refractivity (Wildman–Crippen MR) is 239 cm³/mol. The highest BCUT2D eigenvalue weighted by atomic mass is 16.3. The molecule has 0 spiro atoms. The minimum atomic E-state index is 0.867. The lowest BCUT2D eigenvalue weighted by Crippen LogP contribution is -2.10. The van der Waals surface area contributed by atoms with Crippen molar-refractivity contribution in [3.8, 4) is 39.1 Å². The molecule has 2 aromatic heterocycles. The largest absolute Gasteiger partial charge is 0.455 e. The maximum atomic E-state index is 6.83. The maximum absolute atomic E-state index is 6.83. The fourth-order valence-electron chi connectivity index (χ4n) is 8.53. The first-order valence-corrected chi connectivity index (χ1v) is 19.4. The summed E-state index contributed by atoms with van der Waals surface area (Å²) in [6, 6.07) is 78.1. The average molecular weight is 729 g/mol. The molecule has 0 amide bonds. The van der Waals surface area contributed by atoms with Gasteiger partial charge in [0.2, 0.25) is 0 Å². The minimum Gasteiger partial charge on any atom is -0.455 e. The van der Waals surface area contributed by atoms with E-state index in [9.17, 15) is 0 Å². The van der Waals surface area contributed by atoms with E-state index in [1.165, 1.54) is 44.1 Å². The van der Waals surface area contributed by atoms with Gasteiger partial charge in [0.05, 0.1) is 16.7 Å². The van der Waals surface area contributed by atoms with E-state index in [1.54, 1.807) is 0 Å². The summed E-state index contributed by atoms with van der Waals surface area (Å²) in [5.41, 5.74) is 15.2. The SMILES string of the molecule is c1ccc(-c2ccc(N(c3ccc(-c4ccccc4)cc3)c3cc(-c4ccccc4-n4c5ccccc5c5ccccc54)c4oc5ccccc5c4c3)cc2)cc1. The molecular weight excluding hydrogens is 693 g/mol. The lowest BCUT2D eigenvalue weighted by molar-refractivity contribution is 0.670. The lowest BCUT2D eigenvalue weighted by atomic mass is 9.98. The van der Waals surface area contributed by atoms with Crippen LogP contribution in [0, 0.1) is 0 Å². The molecule has 268 valence electrons. The number of aromatic nitrogens is 1. The number of furan rings is 1. The van der Waals surface area contributed by atoms with Crippen LogP contribution in [0.5, 0.6) is 0 Å². The molecule has 0 saturated carbocycles. The van der Waals surface area contributed by atoms with Crippen molar-refractivity contribution < 1.29 is 4.42 Å². The average Bonchev–Trinajstić information content (AvgIpc) is 3.83. The summed E-state index contributed by atoms with van der Waals surface area (Å²) < 4.78 is 9.24. The Morgan fingerprint density at radius 1 is 0.333 bits per heavy atom. The molecule has 0 unspecified atom stereocenters. The number of hydrogen-bond acceptors (Lipinski definition) is 2. The van der Waals surface area contributed by atoms with Gasteiger partial charge in [0.1, 0.15) is 11.2 Å². The number of fused-ring (bicyclic) bond motifs is 6. The Balaban J connectivity index is 1.16. The normalized spacial score (nSPS) is 11.5. The highest BCUT2D eigenvalue weighted by molar-refractivity contribution is 6.13. The second-order valence-corrected chi connectivity index (χ2v) is 14.5. The van der Waals surface area contributed by atoms with E-state index < -0.39 is 0 Å². The van der Waals surface area contributed by atoms with Gasteiger partial charge in [-0.1, -0.05) is 158 Å². The molecule has 0 atom stereocenters. The molecule has 11 rings (SSSR count). The highest BCUT2D eigenvalue weighted by Gasteiger charge is 2.23. The van der Waals surface area contributed by atoms with Gasteiger partial charge in [0.15, 0.2) is 0 Å². The molecule has 57 heavy (non-hydrogen) atoms. The molecule has 2 heterocycles. The molecule has 0 bridgehead atoms. The van der Waals surface area contributed by atoms with Crippen molar-refractivity contribution in [1.82, 2.24) is 4.57 Å². The second-order valence-electron chi connectivity index (χ2n) is 14.5. The van der Waals surface area contributed by atoms with Gasteiger partial charge in [0, 0.05) is 49.7 Å². The molecule has 11 aromatic rings. The molecule has 0 radical (unpaired) electrons. The summed E-state index contributed by atoms with van der Waals surface area (Å²) >= 11 is 0. The highest BCUT2D eigenvalue weighted by Crippen LogP contribution is 2.46. The van der Waals surface area contributed by atoms with Crippen LogP contribution in [-0.4, -0.2) is 4.57 Å². The Labute approximate surface area is 330 Å². The predicted octanol–water partition coefficient (Wildman–Crippen LogP) is 15.2. The lowest BCUT2D eigenvalue weighted by Gasteiger charge is -2.27. The molecule has 3 nitrogen and oxygen atoms in total. The Morgan fingerprint density at radius 2 is 0.807 bits per heavy atom. The van der Waals surface area contributed by atoms with E-state index in [0.29, 0.717) is 0 Å². The summed E-state index contributed by atoms with van der Waals surface area (Å²) in [7, 11) is 0. The zero-order valence-electron chi connectivity index (χ0n) is 31.1. The van der Waals surface area contributed by atoms with Crippen LogP contribution in [0.3, 0.4) is 0 Å². The third-order valence-corrected chi connectivity index (χ3v) is 11.2. The number of rotatable bonds is 7. The Bertz CT molecular complexity index is 3080.